The molecule has 6 heteroatoms. The summed E-state index contributed by atoms with van der Waals surface area (Å²) in [5, 5.41) is 9.85. The first-order valence-electron chi connectivity index (χ1n) is 6.84. The van der Waals surface area contributed by atoms with Gasteiger partial charge in [0.1, 0.15) is 12.2 Å². The molecule has 6 nitrogen and oxygen atoms in total. The van der Waals surface area contributed by atoms with Gasteiger partial charge in [0.05, 0.1) is 19.3 Å². The summed E-state index contributed by atoms with van der Waals surface area (Å²) in [4.78, 5) is 34.5. The third-order valence-corrected chi connectivity index (χ3v) is 2.63. The lowest BCUT2D eigenvalue weighted by Gasteiger charge is -2.05. The van der Waals surface area contributed by atoms with Crippen LogP contribution in [0.3, 0.4) is 0 Å². The molecule has 0 aromatic heterocycles. The van der Waals surface area contributed by atoms with Gasteiger partial charge in [-0.2, -0.15) is 0 Å². The Morgan fingerprint density at radius 3 is 2.36 bits per heavy atom. The van der Waals surface area contributed by atoms with Gasteiger partial charge in [-0.1, -0.05) is 18.2 Å². The van der Waals surface area contributed by atoms with Crippen molar-refractivity contribution in [2.24, 2.45) is 0 Å². The Balaban J connectivity index is 2.87. The molecule has 22 heavy (non-hydrogen) atoms. The molecule has 1 aromatic rings. The van der Waals surface area contributed by atoms with Crippen LogP contribution in [0.5, 0.6) is 0 Å². The molecule has 1 aromatic carbocycles. The van der Waals surface area contributed by atoms with E-state index in [1.54, 1.807) is 19.9 Å². The van der Waals surface area contributed by atoms with Crippen molar-refractivity contribution >= 4 is 23.5 Å². The van der Waals surface area contributed by atoms with E-state index >= 15 is 0 Å². The summed E-state index contributed by atoms with van der Waals surface area (Å²) in [6.45, 7) is 3.70. The normalized spacial score (nSPS) is 10.9. The number of benzene rings is 1. The van der Waals surface area contributed by atoms with Gasteiger partial charge < -0.3 is 14.6 Å². The van der Waals surface area contributed by atoms with Gasteiger partial charge >= 0.3 is 11.9 Å². The second-order valence-electron chi connectivity index (χ2n) is 4.27. The average molecular weight is 306 g/mol. The Bertz CT molecular complexity index is 588. The highest BCUT2D eigenvalue weighted by Crippen LogP contribution is 2.15. The summed E-state index contributed by atoms with van der Waals surface area (Å²) < 4.78 is 9.40. The van der Waals surface area contributed by atoms with E-state index in [4.69, 9.17) is 4.74 Å². The third-order valence-electron chi connectivity index (χ3n) is 2.63. The molecule has 0 aliphatic rings. The van der Waals surface area contributed by atoms with Gasteiger partial charge in [0, 0.05) is 11.1 Å². The molecular formula is C16H18O6. The number of hydrogen-bond donors (Lipinski definition) is 1. The van der Waals surface area contributed by atoms with Crippen molar-refractivity contribution in [3.05, 3.63) is 41.5 Å². The van der Waals surface area contributed by atoms with Gasteiger partial charge in [-0.25, -0.2) is 4.79 Å². The molecule has 0 fully saturated rings. The Morgan fingerprint density at radius 2 is 1.73 bits per heavy atom. The van der Waals surface area contributed by atoms with Crippen molar-refractivity contribution in [3.8, 4) is 0 Å². The van der Waals surface area contributed by atoms with Crippen LogP contribution >= 0.6 is 0 Å². The molecular weight excluding hydrogens is 288 g/mol. The topological polar surface area (TPSA) is 89.9 Å². The van der Waals surface area contributed by atoms with Crippen molar-refractivity contribution in [2.45, 2.75) is 20.3 Å². The molecule has 0 bridgehead atoms. The van der Waals surface area contributed by atoms with Crippen molar-refractivity contribution < 1.29 is 29.0 Å². The van der Waals surface area contributed by atoms with Crippen molar-refractivity contribution in [1.82, 2.24) is 0 Å². The zero-order chi connectivity index (χ0) is 16.5. The van der Waals surface area contributed by atoms with Crippen molar-refractivity contribution in [1.29, 1.82) is 0 Å². The highest BCUT2D eigenvalue weighted by atomic mass is 16.5. The van der Waals surface area contributed by atoms with Crippen LogP contribution in [0, 0.1) is 0 Å². The van der Waals surface area contributed by atoms with Gasteiger partial charge in [0.25, 0.3) is 0 Å². The van der Waals surface area contributed by atoms with E-state index < -0.39 is 17.7 Å². The summed E-state index contributed by atoms with van der Waals surface area (Å²) in [6, 6.07) is 5.99. The Morgan fingerprint density at radius 1 is 1.09 bits per heavy atom. The number of carbonyl (C=O) groups excluding carboxylic acids is 3. The summed E-state index contributed by atoms with van der Waals surface area (Å²) >= 11 is 0. The summed E-state index contributed by atoms with van der Waals surface area (Å²) in [5.74, 6) is -2.03. The maximum Gasteiger partial charge on any atom is 0.334 e. The zero-order valence-corrected chi connectivity index (χ0v) is 12.5. The number of esters is 2. The Labute approximate surface area is 128 Å². The number of Topliss-reactive ketones (excluding diaryl/α,β-unsaturated/α-hetero) is 1. The third kappa shape index (κ3) is 5.40. The minimum atomic E-state index is -0.678. The molecule has 118 valence electrons. The van der Waals surface area contributed by atoms with Crippen molar-refractivity contribution in [2.75, 3.05) is 13.2 Å². The van der Waals surface area contributed by atoms with Crippen molar-refractivity contribution in [3.63, 3.8) is 0 Å². The first-order valence-corrected chi connectivity index (χ1v) is 6.84. The van der Waals surface area contributed by atoms with E-state index in [1.165, 1.54) is 18.2 Å². The molecule has 0 heterocycles. The highest BCUT2D eigenvalue weighted by Gasteiger charge is 2.14. The number of rotatable bonds is 7. The molecule has 0 amide bonds. The predicted octanol–water partition coefficient (Wildman–Crippen LogP) is 2.28. The second kappa shape index (κ2) is 8.61. The van der Waals surface area contributed by atoms with E-state index in [2.05, 4.69) is 4.74 Å². The van der Waals surface area contributed by atoms with E-state index in [-0.39, 0.29) is 36.5 Å². The number of hydrogen-bond acceptors (Lipinski definition) is 6. The lowest BCUT2D eigenvalue weighted by Crippen LogP contribution is -2.11. The molecule has 0 radical (unpaired) electrons. The van der Waals surface area contributed by atoms with E-state index in [9.17, 15) is 19.5 Å². The monoisotopic (exact) mass is 306 g/mol. The first-order chi connectivity index (χ1) is 10.5. The standard InChI is InChI=1S/C16H18O6/c1-3-21-15(19)9-13(17)11-6-5-7-12(8-11)14(18)10-16(20)22-4-2/h5-9,17H,3-4,10H2,1-2H3/b13-9-. The van der Waals surface area contributed by atoms with Gasteiger partial charge in [0.15, 0.2) is 5.78 Å². The lowest BCUT2D eigenvalue weighted by atomic mass is 10.0. The van der Waals surface area contributed by atoms with Crippen LogP contribution < -0.4 is 0 Å². The Hall–Kier alpha value is -2.63. The molecule has 0 spiro atoms. The summed E-state index contributed by atoms with van der Waals surface area (Å²) in [6.07, 6.45) is 0.554. The average Bonchev–Trinajstić information content (AvgIpc) is 2.47. The van der Waals surface area contributed by atoms with Crippen LogP contribution in [0.25, 0.3) is 5.76 Å². The first kappa shape index (κ1) is 17.4. The zero-order valence-electron chi connectivity index (χ0n) is 12.5. The number of aliphatic hydroxyl groups excluding tert-OH is 1. The van der Waals surface area contributed by atoms with Gasteiger partial charge in [-0.05, 0) is 19.9 Å². The molecule has 0 unspecified atom stereocenters. The highest BCUT2D eigenvalue weighted by molar-refractivity contribution is 6.06. The SMILES string of the molecule is CCOC(=O)/C=C(\O)c1cccc(C(=O)CC(=O)OCC)c1. The Kier molecular flexibility index (Phi) is 6.82. The van der Waals surface area contributed by atoms with E-state index in [0.29, 0.717) is 0 Å². The number of ether oxygens (including phenoxy) is 2. The largest absolute Gasteiger partial charge is 0.507 e. The van der Waals surface area contributed by atoms with Crippen LogP contribution in [-0.2, 0) is 19.1 Å². The molecule has 0 saturated carbocycles. The molecule has 0 saturated heterocycles. The minimum absolute atomic E-state index is 0.195. The van der Waals surface area contributed by atoms with E-state index in [0.717, 1.165) is 6.08 Å². The molecule has 0 aliphatic carbocycles. The van der Waals surface area contributed by atoms with Gasteiger partial charge in [-0.3, -0.25) is 9.59 Å². The quantitative estimate of drug-likeness (QED) is 0.273. The van der Waals surface area contributed by atoms with Crippen LogP contribution in [-0.4, -0.2) is 36.0 Å². The summed E-state index contributed by atoms with van der Waals surface area (Å²) in [5.41, 5.74) is 0.525. The van der Waals surface area contributed by atoms with Gasteiger partial charge in [0.2, 0.25) is 0 Å². The van der Waals surface area contributed by atoms with E-state index in [1.807, 2.05) is 0 Å². The summed E-state index contributed by atoms with van der Waals surface area (Å²) in [7, 11) is 0. The van der Waals surface area contributed by atoms with Crippen LogP contribution in [0.1, 0.15) is 36.2 Å². The number of ketones is 1. The fraction of sp³-hybridized carbons (Fsp3) is 0.312. The minimum Gasteiger partial charge on any atom is -0.507 e. The molecule has 1 N–H and O–H groups in total. The van der Waals surface area contributed by atoms with Crippen LogP contribution in [0.15, 0.2) is 30.3 Å². The van der Waals surface area contributed by atoms with Crippen LogP contribution in [0.2, 0.25) is 0 Å². The molecule has 0 aliphatic heterocycles. The second-order valence-corrected chi connectivity index (χ2v) is 4.27. The fourth-order valence-electron chi connectivity index (χ4n) is 1.68. The number of aliphatic hydroxyl groups is 1. The molecule has 0 atom stereocenters. The number of carbonyl (C=O) groups is 3. The lowest BCUT2D eigenvalue weighted by molar-refractivity contribution is -0.142. The molecule has 1 rings (SSSR count). The predicted molar refractivity (Wildman–Crippen MR) is 79.3 cm³/mol. The van der Waals surface area contributed by atoms with Gasteiger partial charge in [-0.15, -0.1) is 0 Å². The van der Waals surface area contributed by atoms with Crippen LogP contribution in [0.4, 0.5) is 0 Å². The maximum atomic E-state index is 11.9. The maximum absolute atomic E-state index is 11.9. The fourth-order valence-corrected chi connectivity index (χ4v) is 1.68. The smallest absolute Gasteiger partial charge is 0.334 e.